The van der Waals surface area contributed by atoms with Crippen LogP contribution in [-0.4, -0.2) is 34.7 Å². The number of pyridine rings is 1. The van der Waals surface area contributed by atoms with Gasteiger partial charge in [0, 0.05) is 18.8 Å². The van der Waals surface area contributed by atoms with Crippen LogP contribution in [-0.2, 0) is 11.3 Å². The Bertz CT molecular complexity index is 514. The summed E-state index contributed by atoms with van der Waals surface area (Å²) >= 11 is 0. The van der Waals surface area contributed by atoms with Crippen molar-refractivity contribution < 1.29 is 19.4 Å². The zero-order chi connectivity index (χ0) is 14.6. The minimum absolute atomic E-state index is 0.278. The van der Waals surface area contributed by atoms with E-state index < -0.39 is 17.5 Å². The number of rotatable bonds is 5. The number of carbonyl (C=O) groups is 2. The molecule has 1 aliphatic rings. The molecule has 1 fully saturated rings. The van der Waals surface area contributed by atoms with E-state index in [1.807, 2.05) is 0 Å². The van der Waals surface area contributed by atoms with E-state index >= 15 is 0 Å². The van der Waals surface area contributed by atoms with Gasteiger partial charge in [0.25, 0.3) is 0 Å². The number of urea groups is 1. The first kappa shape index (κ1) is 14.1. The highest BCUT2D eigenvalue weighted by Crippen LogP contribution is 2.31. The highest BCUT2D eigenvalue weighted by Gasteiger charge is 2.45. The lowest BCUT2D eigenvalue weighted by molar-refractivity contribution is -0.148. The van der Waals surface area contributed by atoms with Crippen molar-refractivity contribution in [1.29, 1.82) is 0 Å². The number of carbonyl (C=O) groups excluding carboxylic acids is 1. The molecule has 1 aromatic heterocycles. The second-order valence-corrected chi connectivity index (χ2v) is 4.75. The molecule has 0 bridgehead atoms. The Labute approximate surface area is 116 Å². The quantitative estimate of drug-likeness (QED) is 0.743. The number of nitrogens with one attached hydrogen (secondary N) is 2. The van der Waals surface area contributed by atoms with Gasteiger partial charge < -0.3 is 20.5 Å². The summed E-state index contributed by atoms with van der Waals surface area (Å²) in [6, 6.07) is 2.97. The van der Waals surface area contributed by atoms with Crippen molar-refractivity contribution >= 4 is 12.0 Å². The highest BCUT2D eigenvalue weighted by molar-refractivity contribution is 5.87. The van der Waals surface area contributed by atoms with Crippen molar-refractivity contribution in [2.45, 2.75) is 31.3 Å². The van der Waals surface area contributed by atoms with Gasteiger partial charge in [-0.15, -0.1) is 0 Å². The van der Waals surface area contributed by atoms with Crippen molar-refractivity contribution in [2.24, 2.45) is 0 Å². The van der Waals surface area contributed by atoms with E-state index in [1.165, 1.54) is 7.11 Å². The predicted molar refractivity (Wildman–Crippen MR) is 70.4 cm³/mol. The maximum atomic E-state index is 11.8. The first-order chi connectivity index (χ1) is 9.55. The van der Waals surface area contributed by atoms with Crippen LogP contribution in [0.25, 0.3) is 0 Å². The van der Waals surface area contributed by atoms with Gasteiger partial charge in [-0.3, -0.25) is 0 Å². The lowest BCUT2D eigenvalue weighted by Crippen LogP contribution is -2.61. The number of aliphatic carboxylic acids is 1. The molecule has 0 radical (unpaired) electrons. The third-order valence-corrected chi connectivity index (χ3v) is 3.43. The summed E-state index contributed by atoms with van der Waals surface area (Å²) in [7, 11) is 1.51. The van der Waals surface area contributed by atoms with Crippen molar-refractivity contribution in [3.63, 3.8) is 0 Å². The summed E-state index contributed by atoms with van der Waals surface area (Å²) in [6.07, 6.45) is 3.34. The number of carboxylic acid groups (broad SMARTS) is 1. The Morgan fingerprint density at radius 3 is 2.80 bits per heavy atom. The number of amides is 2. The Morgan fingerprint density at radius 1 is 1.50 bits per heavy atom. The van der Waals surface area contributed by atoms with Gasteiger partial charge >= 0.3 is 12.0 Å². The molecule has 0 aromatic carbocycles. The molecule has 1 aliphatic carbocycles. The van der Waals surface area contributed by atoms with Gasteiger partial charge in [-0.1, -0.05) is 0 Å². The lowest BCUT2D eigenvalue weighted by Gasteiger charge is -2.38. The number of methoxy groups -OCH3 is 1. The molecule has 108 valence electrons. The summed E-state index contributed by atoms with van der Waals surface area (Å²) in [5, 5.41) is 14.3. The molecule has 0 unspecified atom stereocenters. The Kier molecular flexibility index (Phi) is 4.07. The molecule has 0 atom stereocenters. The second kappa shape index (κ2) is 5.77. The summed E-state index contributed by atoms with van der Waals surface area (Å²) in [5.74, 6) is -0.518. The molecule has 20 heavy (non-hydrogen) atoms. The topological polar surface area (TPSA) is 101 Å². The molecule has 0 spiro atoms. The molecule has 7 nitrogen and oxygen atoms in total. The van der Waals surface area contributed by atoms with Crippen LogP contribution in [0.1, 0.15) is 24.8 Å². The number of aromatic nitrogens is 1. The molecule has 7 heteroatoms. The van der Waals surface area contributed by atoms with Crippen molar-refractivity contribution in [2.75, 3.05) is 7.11 Å². The third kappa shape index (κ3) is 2.98. The van der Waals surface area contributed by atoms with Gasteiger partial charge in [0.1, 0.15) is 5.54 Å². The van der Waals surface area contributed by atoms with Crippen LogP contribution < -0.4 is 15.4 Å². The van der Waals surface area contributed by atoms with Crippen molar-refractivity contribution in [3.05, 3.63) is 23.9 Å². The van der Waals surface area contributed by atoms with Crippen molar-refractivity contribution in [1.82, 2.24) is 15.6 Å². The van der Waals surface area contributed by atoms with Crippen LogP contribution in [0.2, 0.25) is 0 Å². The van der Waals surface area contributed by atoms with Crippen LogP contribution in [0.3, 0.4) is 0 Å². The number of hydrogen-bond acceptors (Lipinski definition) is 4. The van der Waals surface area contributed by atoms with E-state index in [1.54, 1.807) is 18.3 Å². The van der Waals surface area contributed by atoms with Crippen LogP contribution in [0.5, 0.6) is 5.88 Å². The van der Waals surface area contributed by atoms with Crippen molar-refractivity contribution in [3.8, 4) is 5.88 Å². The summed E-state index contributed by atoms with van der Waals surface area (Å²) in [5.41, 5.74) is -0.273. The molecule has 3 N–H and O–H groups in total. The predicted octanol–water partition coefficient (Wildman–Crippen LogP) is 0.897. The lowest BCUT2D eigenvalue weighted by atomic mass is 9.77. The molecule has 1 heterocycles. The minimum atomic E-state index is -1.10. The fraction of sp³-hybridized carbons (Fsp3) is 0.462. The van der Waals surface area contributed by atoms with Gasteiger partial charge in [-0.05, 0) is 30.9 Å². The average Bonchev–Trinajstić information content (AvgIpc) is 2.40. The van der Waals surface area contributed by atoms with E-state index in [2.05, 4.69) is 15.6 Å². The number of carboxylic acids is 1. The first-order valence-corrected chi connectivity index (χ1v) is 6.34. The molecule has 2 amide bonds. The standard InChI is InChI=1S/C13H17N3O4/c1-20-10-7-9(3-6-14-10)8-15-12(19)16-13(11(17)18)4-2-5-13/h3,6-7H,2,4-5,8H2,1H3,(H,17,18)(H2,15,16,19). The molecular formula is C13H17N3O4. The number of ether oxygens (including phenoxy) is 1. The van der Waals surface area contributed by atoms with Gasteiger partial charge in [0.2, 0.25) is 5.88 Å². The summed E-state index contributed by atoms with van der Waals surface area (Å²) < 4.78 is 4.98. The maximum Gasteiger partial charge on any atom is 0.329 e. The number of nitrogens with zero attached hydrogens (tertiary/aromatic N) is 1. The van der Waals surface area contributed by atoms with E-state index in [0.29, 0.717) is 18.7 Å². The zero-order valence-electron chi connectivity index (χ0n) is 11.2. The van der Waals surface area contributed by atoms with E-state index in [-0.39, 0.29) is 6.54 Å². The summed E-state index contributed by atoms with van der Waals surface area (Å²) in [6.45, 7) is 0.278. The van der Waals surface area contributed by atoms with Gasteiger partial charge in [-0.25, -0.2) is 14.6 Å². The minimum Gasteiger partial charge on any atom is -0.481 e. The van der Waals surface area contributed by atoms with Crippen LogP contribution in [0.15, 0.2) is 18.3 Å². The normalized spacial score (nSPS) is 15.8. The molecule has 1 aromatic rings. The van der Waals surface area contributed by atoms with Gasteiger partial charge in [0.15, 0.2) is 0 Å². The van der Waals surface area contributed by atoms with Crippen LogP contribution in [0.4, 0.5) is 4.79 Å². The van der Waals surface area contributed by atoms with E-state index in [4.69, 9.17) is 9.84 Å². The summed E-state index contributed by atoms with van der Waals surface area (Å²) in [4.78, 5) is 26.8. The van der Waals surface area contributed by atoms with Crippen LogP contribution >= 0.6 is 0 Å². The molecule has 0 aliphatic heterocycles. The number of hydrogen-bond donors (Lipinski definition) is 3. The molecule has 2 rings (SSSR count). The fourth-order valence-electron chi connectivity index (χ4n) is 2.04. The Morgan fingerprint density at radius 2 is 2.25 bits per heavy atom. The van der Waals surface area contributed by atoms with Crippen LogP contribution in [0, 0.1) is 0 Å². The van der Waals surface area contributed by atoms with E-state index in [0.717, 1.165) is 12.0 Å². The second-order valence-electron chi connectivity index (χ2n) is 4.75. The third-order valence-electron chi connectivity index (χ3n) is 3.43. The Hall–Kier alpha value is -2.31. The van der Waals surface area contributed by atoms with Gasteiger partial charge in [-0.2, -0.15) is 0 Å². The SMILES string of the molecule is COc1cc(CNC(=O)NC2(C(=O)O)CCC2)ccn1. The monoisotopic (exact) mass is 279 g/mol. The molecule has 1 saturated carbocycles. The average molecular weight is 279 g/mol. The largest absolute Gasteiger partial charge is 0.481 e. The smallest absolute Gasteiger partial charge is 0.329 e. The van der Waals surface area contributed by atoms with E-state index in [9.17, 15) is 9.59 Å². The molecular weight excluding hydrogens is 262 g/mol. The zero-order valence-corrected chi connectivity index (χ0v) is 11.2. The fourth-order valence-corrected chi connectivity index (χ4v) is 2.04. The highest BCUT2D eigenvalue weighted by atomic mass is 16.5. The maximum absolute atomic E-state index is 11.8. The Balaban J connectivity index is 1.87. The first-order valence-electron chi connectivity index (χ1n) is 6.34. The molecule has 0 saturated heterocycles. The van der Waals surface area contributed by atoms with Gasteiger partial charge in [0.05, 0.1) is 7.11 Å².